The van der Waals surface area contributed by atoms with Crippen LogP contribution >= 0.6 is 0 Å². The third kappa shape index (κ3) is 2.63. The molecular weight excluding hydrogens is 290 g/mol. The molecule has 2 heterocycles. The second-order valence-corrected chi connectivity index (χ2v) is 7.59. The van der Waals surface area contributed by atoms with Crippen LogP contribution in [-0.4, -0.2) is 44.0 Å². The maximum atomic E-state index is 12.5. The van der Waals surface area contributed by atoms with E-state index in [9.17, 15) is 13.2 Å². The second kappa shape index (κ2) is 5.31. The number of nitrogens with two attached hydrogens (primary N) is 1. The van der Waals surface area contributed by atoms with Crippen LogP contribution in [0, 0.1) is 0 Å². The van der Waals surface area contributed by atoms with E-state index in [0.29, 0.717) is 25.2 Å². The molecule has 2 aliphatic rings. The number of nitrogen functional groups attached to an aromatic ring is 1. The predicted octanol–water partition coefficient (Wildman–Crippen LogP) is 0.584. The molecule has 0 bridgehead atoms. The maximum absolute atomic E-state index is 12.5. The van der Waals surface area contributed by atoms with Gasteiger partial charge in [0.15, 0.2) is 0 Å². The lowest BCUT2D eigenvalue weighted by Crippen LogP contribution is -2.43. The fraction of sp³-hybridized carbons (Fsp3) is 0.500. The first-order valence-electron chi connectivity index (χ1n) is 7.14. The van der Waals surface area contributed by atoms with Gasteiger partial charge in [-0.15, -0.1) is 0 Å². The normalized spacial score (nSPS) is 21.2. The predicted molar refractivity (Wildman–Crippen MR) is 81.5 cm³/mol. The Kier molecular flexibility index (Phi) is 3.62. The van der Waals surface area contributed by atoms with Gasteiger partial charge in [-0.25, -0.2) is 8.42 Å². The zero-order chi connectivity index (χ0) is 15.0. The summed E-state index contributed by atoms with van der Waals surface area (Å²) in [6.45, 7) is 0.978. The van der Waals surface area contributed by atoms with Gasteiger partial charge in [-0.3, -0.25) is 4.79 Å². The van der Waals surface area contributed by atoms with Gasteiger partial charge in [0.25, 0.3) is 0 Å². The Hall–Kier alpha value is -1.60. The van der Waals surface area contributed by atoms with Crippen LogP contribution in [0.5, 0.6) is 0 Å². The van der Waals surface area contributed by atoms with Crippen molar-refractivity contribution >= 4 is 27.3 Å². The summed E-state index contributed by atoms with van der Waals surface area (Å²) >= 11 is 0. The van der Waals surface area contributed by atoms with E-state index in [1.54, 1.807) is 4.90 Å². The van der Waals surface area contributed by atoms with Crippen molar-refractivity contribution in [1.82, 2.24) is 4.31 Å². The van der Waals surface area contributed by atoms with Gasteiger partial charge in [0.1, 0.15) is 0 Å². The number of hydrogen-bond donors (Lipinski definition) is 1. The molecule has 1 aromatic carbocycles. The van der Waals surface area contributed by atoms with Gasteiger partial charge in [-0.05, 0) is 37.0 Å². The van der Waals surface area contributed by atoms with E-state index >= 15 is 0 Å². The van der Waals surface area contributed by atoms with Crippen molar-refractivity contribution in [2.75, 3.05) is 36.0 Å². The van der Waals surface area contributed by atoms with Crippen molar-refractivity contribution in [1.29, 1.82) is 0 Å². The van der Waals surface area contributed by atoms with Gasteiger partial charge in [-0.1, -0.05) is 6.07 Å². The van der Waals surface area contributed by atoms with E-state index in [2.05, 4.69) is 0 Å². The molecule has 3 rings (SSSR count). The van der Waals surface area contributed by atoms with Gasteiger partial charge in [0.05, 0.1) is 12.3 Å². The molecule has 0 aliphatic carbocycles. The van der Waals surface area contributed by atoms with Gasteiger partial charge in [-0.2, -0.15) is 4.31 Å². The molecule has 0 spiro atoms. The Balaban J connectivity index is 1.83. The number of rotatable bonds is 2. The third-order valence-electron chi connectivity index (χ3n) is 4.10. The highest BCUT2D eigenvalue weighted by Crippen LogP contribution is 2.31. The molecule has 0 saturated carbocycles. The SMILES string of the molecule is Nc1cccc2c1CCCN2C(=O)CN1CCCS1(=O)=O. The van der Waals surface area contributed by atoms with Crippen LogP contribution < -0.4 is 10.6 Å². The van der Waals surface area contributed by atoms with E-state index in [1.807, 2.05) is 18.2 Å². The molecule has 2 N–H and O–H groups in total. The minimum Gasteiger partial charge on any atom is -0.398 e. The Morgan fingerprint density at radius 2 is 2.05 bits per heavy atom. The number of sulfonamides is 1. The zero-order valence-electron chi connectivity index (χ0n) is 11.8. The summed E-state index contributed by atoms with van der Waals surface area (Å²) in [7, 11) is -3.25. The lowest BCUT2D eigenvalue weighted by molar-refractivity contribution is -0.118. The van der Waals surface area contributed by atoms with Gasteiger partial charge in [0.2, 0.25) is 15.9 Å². The molecule has 6 nitrogen and oxygen atoms in total. The second-order valence-electron chi connectivity index (χ2n) is 5.50. The third-order valence-corrected chi connectivity index (χ3v) is 6.01. The largest absolute Gasteiger partial charge is 0.398 e. The van der Waals surface area contributed by atoms with Crippen LogP contribution in [0.2, 0.25) is 0 Å². The maximum Gasteiger partial charge on any atom is 0.242 e. The number of carbonyl (C=O) groups excluding carboxylic acids is 1. The van der Waals surface area contributed by atoms with Crippen LogP contribution in [0.25, 0.3) is 0 Å². The Bertz CT molecular complexity index is 672. The Labute approximate surface area is 124 Å². The monoisotopic (exact) mass is 309 g/mol. The molecule has 0 radical (unpaired) electrons. The minimum atomic E-state index is -3.25. The quantitative estimate of drug-likeness (QED) is 0.810. The molecule has 114 valence electrons. The number of hydrogen-bond acceptors (Lipinski definition) is 4. The van der Waals surface area contributed by atoms with Crippen molar-refractivity contribution in [2.24, 2.45) is 0 Å². The fourth-order valence-electron chi connectivity index (χ4n) is 3.02. The summed E-state index contributed by atoms with van der Waals surface area (Å²) in [4.78, 5) is 14.2. The highest BCUT2D eigenvalue weighted by Gasteiger charge is 2.32. The number of carbonyl (C=O) groups is 1. The molecule has 1 aromatic rings. The number of nitrogens with zero attached hydrogens (tertiary/aromatic N) is 2. The number of amides is 1. The van der Waals surface area contributed by atoms with Crippen LogP contribution in [0.15, 0.2) is 18.2 Å². The fourth-order valence-corrected chi connectivity index (χ4v) is 4.48. The molecular formula is C14H19N3O3S. The van der Waals surface area contributed by atoms with Gasteiger partial charge >= 0.3 is 0 Å². The molecule has 1 saturated heterocycles. The summed E-state index contributed by atoms with van der Waals surface area (Å²) in [5, 5.41) is 0. The molecule has 0 aromatic heterocycles. The van der Waals surface area contributed by atoms with Crippen molar-refractivity contribution < 1.29 is 13.2 Å². The lowest BCUT2D eigenvalue weighted by Gasteiger charge is -2.31. The summed E-state index contributed by atoms with van der Waals surface area (Å²) in [6, 6.07) is 5.53. The zero-order valence-corrected chi connectivity index (χ0v) is 12.6. The number of fused-ring (bicyclic) bond motifs is 1. The number of anilines is 2. The first kappa shape index (κ1) is 14.3. The molecule has 0 unspecified atom stereocenters. The Morgan fingerprint density at radius 1 is 1.24 bits per heavy atom. The summed E-state index contributed by atoms with van der Waals surface area (Å²) in [6.07, 6.45) is 2.30. The average molecular weight is 309 g/mol. The van der Waals surface area contributed by atoms with Crippen molar-refractivity contribution in [3.8, 4) is 0 Å². The summed E-state index contributed by atoms with van der Waals surface area (Å²) in [5.41, 5.74) is 8.47. The van der Waals surface area contributed by atoms with Crippen LogP contribution in [0.1, 0.15) is 18.4 Å². The first-order chi connectivity index (χ1) is 9.99. The highest BCUT2D eigenvalue weighted by atomic mass is 32.2. The molecule has 2 aliphatic heterocycles. The molecule has 21 heavy (non-hydrogen) atoms. The van der Waals surface area contributed by atoms with Crippen LogP contribution in [-0.2, 0) is 21.2 Å². The first-order valence-corrected chi connectivity index (χ1v) is 8.75. The van der Waals surface area contributed by atoms with Crippen molar-refractivity contribution in [3.05, 3.63) is 23.8 Å². The summed E-state index contributed by atoms with van der Waals surface area (Å²) in [5.74, 6) is -0.0314. The van der Waals surface area contributed by atoms with Gasteiger partial charge < -0.3 is 10.6 Å². The lowest BCUT2D eigenvalue weighted by atomic mass is 10.00. The number of benzene rings is 1. The minimum absolute atomic E-state index is 0.0728. The Morgan fingerprint density at radius 3 is 2.76 bits per heavy atom. The average Bonchev–Trinajstić information content (AvgIpc) is 2.78. The summed E-state index contributed by atoms with van der Waals surface area (Å²) < 4.78 is 24.9. The molecule has 0 atom stereocenters. The van der Waals surface area contributed by atoms with E-state index in [-0.39, 0.29) is 18.2 Å². The van der Waals surface area contributed by atoms with Crippen LogP contribution in [0.4, 0.5) is 11.4 Å². The van der Waals surface area contributed by atoms with Crippen molar-refractivity contribution in [3.63, 3.8) is 0 Å². The smallest absolute Gasteiger partial charge is 0.242 e. The van der Waals surface area contributed by atoms with Gasteiger partial charge in [0, 0.05) is 24.5 Å². The topological polar surface area (TPSA) is 83.7 Å². The van der Waals surface area contributed by atoms with E-state index in [1.165, 1.54) is 4.31 Å². The van der Waals surface area contributed by atoms with E-state index in [4.69, 9.17) is 5.73 Å². The van der Waals surface area contributed by atoms with E-state index < -0.39 is 10.0 Å². The standard InChI is InChI=1S/C14H19N3O3S/c15-12-5-1-6-13-11(12)4-2-8-17(13)14(18)10-16-7-3-9-21(16,19)20/h1,5-6H,2-4,7-10,15H2. The molecule has 7 heteroatoms. The van der Waals surface area contributed by atoms with E-state index in [0.717, 1.165) is 24.1 Å². The molecule has 1 amide bonds. The van der Waals surface area contributed by atoms with Crippen LogP contribution in [0.3, 0.4) is 0 Å². The van der Waals surface area contributed by atoms with Crippen molar-refractivity contribution in [2.45, 2.75) is 19.3 Å². The highest BCUT2D eigenvalue weighted by molar-refractivity contribution is 7.89. The molecule has 1 fully saturated rings.